The van der Waals surface area contributed by atoms with Crippen molar-refractivity contribution in [3.05, 3.63) is 42.4 Å². The lowest BCUT2D eigenvalue weighted by molar-refractivity contribution is -0.136. The maximum Gasteiger partial charge on any atom is 0.226 e. The van der Waals surface area contributed by atoms with Crippen LogP contribution in [0.2, 0.25) is 0 Å². The van der Waals surface area contributed by atoms with Crippen LogP contribution < -0.4 is 5.32 Å². The van der Waals surface area contributed by atoms with E-state index in [0.29, 0.717) is 6.42 Å². The average Bonchev–Trinajstić information content (AvgIpc) is 3.31. The van der Waals surface area contributed by atoms with Crippen LogP contribution in [0.25, 0.3) is 11.3 Å². The minimum atomic E-state index is -0.391. The third kappa shape index (κ3) is 3.61. The summed E-state index contributed by atoms with van der Waals surface area (Å²) in [6.07, 6.45) is 13.8. The highest BCUT2D eigenvalue weighted by molar-refractivity contribution is 5.83. The highest BCUT2D eigenvalue weighted by Crippen LogP contribution is 2.57. The summed E-state index contributed by atoms with van der Waals surface area (Å²) >= 11 is 0. The normalized spacial score (nSPS) is 35.3. The summed E-state index contributed by atoms with van der Waals surface area (Å²) in [6.45, 7) is 0. The van der Waals surface area contributed by atoms with Gasteiger partial charge in [-0.2, -0.15) is 0 Å². The van der Waals surface area contributed by atoms with Gasteiger partial charge in [0.15, 0.2) is 0 Å². The fraction of sp³-hybridized carbons (Fsp3) is 0.643. The van der Waals surface area contributed by atoms with E-state index in [9.17, 15) is 15.0 Å². The van der Waals surface area contributed by atoms with E-state index in [1.807, 2.05) is 12.5 Å². The molecule has 2 aromatic rings. The first-order valence-corrected chi connectivity index (χ1v) is 13.3. The van der Waals surface area contributed by atoms with Crippen LogP contribution in [-0.2, 0) is 4.79 Å². The Kier molecular flexibility index (Phi) is 5.57. The van der Waals surface area contributed by atoms with E-state index in [1.165, 1.54) is 11.1 Å². The zero-order valence-electron chi connectivity index (χ0n) is 20.0. The maximum absolute atomic E-state index is 13.4. The molecule has 3 N–H and O–H groups in total. The standard InChI is InChI=1S/C28H37N3O3/c32-20-8-6-19(7-9-20)30-26(34)28-11-3-10-27(12-14-28,13-15-28)25(33)16-23-21-4-1-2-5-22(21)24-17-29-18-31(23)24/h1-2,4-5,17-20,23,25,32-33H,3,6-16H2,(H,30,34). The van der Waals surface area contributed by atoms with Gasteiger partial charge in [-0.3, -0.25) is 4.79 Å². The molecule has 5 aliphatic rings. The Morgan fingerprint density at radius 2 is 1.85 bits per heavy atom. The first-order valence-electron chi connectivity index (χ1n) is 13.3. The molecule has 2 unspecified atom stereocenters. The number of hydrogen-bond acceptors (Lipinski definition) is 4. The van der Waals surface area contributed by atoms with Gasteiger partial charge in [0.1, 0.15) is 0 Å². The summed E-state index contributed by atoms with van der Waals surface area (Å²) in [5.41, 5.74) is 3.29. The molecule has 6 heteroatoms. The second kappa shape index (κ2) is 8.49. The van der Waals surface area contributed by atoms with Gasteiger partial charge in [0.2, 0.25) is 5.91 Å². The van der Waals surface area contributed by atoms with Crippen molar-refractivity contribution in [2.45, 2.75) is 101 Å². The van der Waals surface area contributed by atoms with Crippen molar-refractivity contribution >= 4 is 5.91 Å². The number of carbonyl (C=O) groups excluding carboxylic acids is 1. The number of aromatic nitrogens is 2. The zero-order valence-corrected chi connectivity index (χ0v) is 20.0. The predicted molar refractivity (Wildman–Crippen MR) is 130 cm³/mol. The smallest absolute Gasteiger partial charge is 0.226 e. The van der Waals surface area contributed by atoms with Crippen LogP contribution in [0.5, 0.6) is 0 Å². The van der Waals surface area contributed by atoms with E-state index >= 15 is 0 Å². The summed E-state index contributed by atoms with van der Waals surface area (Å²) in [4.78, 5) is 17.8. The number of hydrogen-bond donors (Lipinski definition) is 3. The van der Waals surface area contributed by atoms with Crippen molar-refractivity contribution in [1.29, 1.82) is 0 Å². The number of imidazole rings is 1. The van der Waals surface area contributed by atoms with Gasteiger partial charge in [-0.15, -0.1) is 0 Å². The number of amides is 1. The fourth-order valence-corrected chi connectivity index (χ4v) is 7.54. The number of fused-ring (bicyclic) bond motifs is 7. The van der Waals surface area contributed by atoms with Crippen LogP contribution in [0.3, 0.4) is 0 Å². The van der Waals surface area contributed by atoms with E-state index in [2.05, 4.69) is 39.1 Å². The molecule has 1 aromatic carbocycles. The molecular weight excluding hydrogens is 426 g/mol. The summed E-state index contributed by atoms with van der Waals surface area (Å²) in [5, 5.41) is 24.8. The fourth-order valence-electron chi connectivity index (χ4n) is 7.54. The molecule has 2 bridgehead atoms. The monoisotopic (exact) mass is 463 g/mol. The molecule has 4 fully saturated rings. The molecule has 1 aromatic heterocycles. The van der Waals surface area contributed by atoms with E-state index in [-0.39, 0.29) is 34.9 Å². The Bertz CT molecular complexity index is 1050. The quantitative estimate of drug-likeness (QED) is 0.615. The molecule has 4 saturated carbocycles. The maximum atomic E-state index is 13.4. The molecule has 0 saturated heterocycles. The number of carbonyl (C=O) groups is 1. The Labute approximate surface area is 201 Å². The molecular formula is C28H37N3O3. The van der Waals surface area contributed by atoms with Gasteiger partial charge < -0.3 is 20.1 Å². The van der Waals surface area contributed by atoms with E-state index < -0.39 is 6.10 Å². The Hall–Kier alpha value is -2.18. The summed E-state index contributed by atoms with van der Waals surface area (Å²) < 4.78 is 2.23. The SMILES string of the molecule is O=C(NC1CCC(O)CC1)C12CCCC(C(O)CC3c4ccccc4-c4cncn43)(CC1)CC2. The number of benzene rings is 1. The minimum absolute atomic E-state index is 0.0898. The highest BCUT2D eigenvalue weighted by Gasteiger charge is 2.52. The summed E-state index contributed by atoms with van der Waals surface area (Å²) in [5.74, 6) is 0.228. The Morgan fingerprint density at radius 1 is 1.09 bits per heavy atom. The summed E-state index contributed by atoms with van der Waals surface area (Å²) in [7, 11) is 0. The molecule has 0 spiro atoms. The van der Waals surface area contributed by atoms with Crippen molar-refractivity contribution in [3.63, 3.8) is 0 Å². The van der Waals surface area contributed by atoms with Crippen LogP contribution in [-0.4, -0.2) is 43.9 Å². The number of aliphatic hydroxyl groups is 2. The molecule has 182 valence electrons. The molecule has 7 rings (SSSR count). The third-order valence-corrected chi connectivity index (χ3v) is 9.80. The number of aliphatic hydroxyl groups excluding tert-OH is 2. The predicted octanol–water partition coefficient (Wildman–Crippen LogP) is 4.35. The molecule has 2 heterocycles. The molecule has 2 atom stereocenters. The van der Waals surface area contributed by atoms with E-state index in [1.54, 1.807) is 0 Å². The zero-order chi connectivity index (χ0) is 23.3. The van der Waals surface area contributed by atoms with E-state index in [4.69, 9.17) is 0 Å². The largest absolute Gasteiger partial charge is 0.393 e. The van der Waals surface area contributed by atoms with Crippen molar-refractivity contribution in [1.82, 2.24) is 14.9 Å². The van der Waals surface area contributed by atoms with Crippen molar-refractivity contribution < 1.29 is 15.0 Å². The third-order valence-electron chi connectivity index (χ3n) is 9.80. The Balaban J connectivity index is 1.15. The van der Waals surface area contributed by atoms with Crippen molar-refractivity contribution in [3.8, 4) is 11.3 Å². The summed E-state index contributed by atoms with van der Waals surface area (Å²) in [6, 6.07) is 8.82. The van der Waals surface area contributed by atoms with Gasteiger partial charge in [0, 0.05) is 17.0 Å². The molecule has 6 nitrogen and oxygen atoms in total. The number of nitrogens with one attached hydrogen (secondary N) is 1. The lowest BCUT2D eigenvalue weighted by Gasteiger charge is -2.45. The van der Waals surface area contributed by atoms with Crippen LogP contribution in [0.1, 0.15) is 88.7 Å². The molecule has 1 aliphatic heterocycles. The van der Waals surface area contributed by atoms with Gasteiger partial charge in [-0.25, -0.2) is 4.98 Å². The first-order chi connectivity index (χ1) is 16.5. The van der Waals surface area contributed by atoms with Gasteiger partial charge in [-0.05, 0) is 81.6 Å². The van der Waals surface area contributed by atoms with E-state index in [0.717, 1.165) is 76.3 Å². The lowest BCUT2D eigenvalue weighted by Crippen LogP contribution is -2.49. The number of nitrogens with zero attached hydrogens (tertiary/aromatic N) is 2. The van der Waals surface area contributed by atoms with Gasteiger partial charge in [-0.1, -0.05) is 30.7 Å². The van der Waals surface area contributed by atoms with Crippen LogP contribution >= 0.6 is 0 Å². The average molecular weight is 464 g/mol. The second-order valence-electron chi connectivity index (χ2n) is 11.5. The van der Waals surface area contributed by atoms with Gasteiger partial charge in [0.25, 0.3) is 0 Å². The minimum Gasteiger partial charge on any atom is -0.393 e. The van der Waals surface area contributed by atoms with Gasteiger partial charge in [0.05, 0.1) is 36.5 Å². The first kappa shape index (κ1) is 22.3. The molecule has 0 radical (unpaired) electrons. The van der Waals surface area contributed by atoms with Crippen LogP contribution in [0.15, 0.2) is 36.8 Å². The van der Waals surface area contributed by atoms with Crippen LogP contribution in [0, 0.1) is 10.8 Å². The molecule has 4 aliphatic carbocycles. The van der Waals surface area contributed by atoms with Crippen molar-refractivity contribution in [2.24, 2.45) is 10.8 Å². The highest BCUT2D eigenvalue weighted by atomic mass is 16.3. The van der Waals surface area contributed by atoms with Crippen LogP contribution in [0.4, 0.5) is 0 Å². The number of rotatable bonds is 5. The van der Waals surface area contributed by atoms with Crippen molar-refractivity contribution in [2.75, 3.05) is 0 Å². The van der Waals surface area contributed by atoms with Gasteiger partial charge >= 0.3 is 0 Å². The topological polar surface area (TPSA) is 87.4 Å². The Morgan fingerprint density at radius 3 is 2.65 bits per heavy atom. The molecule has 1 amide bonds. The lowest BCUT2D eigenvalue weighted by atomic mass is 9.62. The second-order valence-corrected chi connectivity index (χ2v) is 11.5. The molecule has 34 heavy (non-hydrogen) atoms.